The van der Waals surface area contributed by atoms with Gasteiger partial charge in [0.1, 0.15) is 12.6 Å². The van der Waals surface area contributed by atoms with Gasteiger partial charge in [-0.2, -0.15) is 0 Å². The highest BCUT2D eigenvalue weighted by Crippen LogP contribution is 2.31. The molecule has 0 aliphatic heterocycles. The molecule has 0 saturated heterocycles. The summed E-state index contributed by atoms with van der Waals surface area (Å²) >= 11 is 6.42. The standard InChI is InChI=1S/C28H32ClN3O4S/c1-4-25(28(34)30-5-2)31(19-22-11-7-6-8-12-22)27(33)20-32(26-14-10-9-13-24(26)29)37(35,36)23-17-15-21(3)16-18-23/h6-18,25H,4-5,19-20H2,1-3H3,(H,30,34)/t25-/m0/s1. The molecule has 196 valence electrons. The van der Waals surface area contributed by atoms with Gasteiger partial charge in [0.2, 0.25) is 11.8 Å². The van der Waals surface area contributed by atoms with Crippen LogP contribution in [0.1, 0.15) is 31.4 Å². The van der Waals surface area contributed by atoms with Crippen LogP contribution in [0, 0.1) is 6.92 Å². The predicted octanol–water partition coefficient (Wildman–Crippen LogP) is 4.79. The first-order valence-electron chi connectivity index (χ1n) is 12.1. The molecular formula is C28H32ClN3O4S. The average molecular weight is 542 g/mol. The number of rotatable bonds is 11. The molecule has 3 aromatic carbocycles. The summed E-state index contributed by atoms with van der Waals surface area (Å²) in [6.07, 6.45) is 0.362. The fourth-order valence-electron chi connectivity index (χ4n) is 4.00. The Kier molecular flexibility index (Phi) is 9.72. The normalized spacial score (nSPS) is 12.0. The average Bonchev–Trinajstić information content (AvgIpc) is 2.88. The Labute approximate surface area is 224 Å². The Morgan fingerprint density at radius 3 is 2.14 bits per heavy atom. The van der Waals surface area contributed by atoms with E-state index in [1.807, 2.05) is 44.2 Å². The molecule has 0 heterocycles. The molecule has 37 heavy (non-hydrogen) atoms. The summed E-state index contributed by atoms with van der Waals surface area (Å²) in [7, 11) is -4.16. The summed E-state index contributed by atoms with van der Waals surface area (Å²) < 4.78 is 28.6. The van der Waals surface area contributed by atoms with E-state index in [9.17, 15) is 18.0 Å². The number of nitrogens with zero attached hydrogens (tertiary/aromatic N) is 2. The summed E-state index contributed by atoms with van der Waals surface area (Å²) in [5.74, 6) is -0.808. The number of sulfonamides is 1. The highest BCUT2D eigenvalue weighted by atomic mass is 35.5. The number of carbonyl (C=O) groups is 2. The molecule has 9 heteroatoms. The molecule has 0 spiro atoms. The van der Waals surface area contributed by atoms with E-state index in [4.69, 9.17) is 11.6 Å². The van der Waals surface area contributed by atoms with Crippen molar-refractivity contribution in [2.75, 3.05) is 17.4 Å². The maximum Gasteiger partial charge on any atom is 0.264 e. The van der Waals surface area contributed by atoms with Crippen LogP contribution in [0.4, 0.5) is 5.69 Å². The molecule has 1 N–H and O–H groups in total. The fourth-order valence-corrected chi connectivity index (χ4v) is 5.72. The molecule has 0 aromatic heterocycles. The predicted molar refractivity (Wildman–Crippen MR) is 147 cm³/mol. The van der Waals surface area contributed by atoms with Gasteiger partial charge < -0.3 is 10.2 Å². The molecule has 0 radical (unpaired) electrons. The van der Waals surface area contributed by atoms with Crippen LogP contribution in [0.25, 0.3) is 0 Å². The quantitative estimate of drug-likeness (QED) is 0.378. The van der Waals surface area contributed by atoms with Crippen molar-refractivity contribution in [2.24, 2.45) is 0 Å². The lowest BCUT2D eigenvalue weighted by Crippen LogP contribution is -2.52. The molecule has 1 atom stereocenters. The van der Waals surface area contributed by atoms with E-state index >= 15 is 0 Å². The van der Waals surface area contributed by atoms with Gasteiger partial charge in [-0.05, 0) is 50.1 Å². The van der Waals surface area contributed by atoms with Crippen LogP contribution in [0.2, 0.25) is 5.02 Å². The minimum Gasteiger partial charge on any atom is -0.355 e. The highest BCUT2D eigenvalue weighted by molar-refractivity contribution is 7.92. The third-order valence-electron chi connectivity index (χ3n) is 5.94. The third-order valence-corrected chi connectivity index (χ3v) is 8.04. The number of nitrogens with one attached hydrogen (secondary N) is 1. The van der Waals surface area contributed by atoms with Crippen molar-refractivity contribution in [3.8, 4) is 0 Å². The SMILES string of the molecule is CCNC(=O)[C@H](CC)N(Cc1ccccc1)C(=O)CN(c1ccccc1Cl)S(=O)(=O)c1ccc(C)cc1. The van der Waals surface area contributed by atoms with Gasteiger partial charge in [0, 0.05) is 13.1 Å². The zero-order chi connectivity index (χ0) is 27.0. The van der Waals surface area contributed by atoms with Gasteiger partial charge >= 0.3 is 0 Å². The number of carbonyl (C=O) groups excluding carboxylic acids is 2. The summed E-state index contributed by atoms with van der Waals surface area (Å²) in [5, 5.41) is 2.98. The summed E-state index contributed by atoms with van der Waals surface area (Å²) in [5.41, 5.74) is 1.91. The number of anilines is 1. The lowest BCUT2D eigenvalue weighted by atomic mass is 10.1. The van der Waals surface area contributed by atoms with Gasteiger partial charge in [-0.1, -0.05) is 78.7 Å². The van der Waals surface area contributed by atoms with Crippen molar-refractivity contribution in [3.05, 3.63) is 95.0 Å². The Morgan fingerprint density at radius 2 is 1.54 bits per heavy atom. The molecule has 0 saturated carbocycles. The smallest absolute Gasteiger partial charge is 0.264 e. The van der Waals surface area contributed by atoms with E-state index in [1.54, 1.807) is 43.3 Å². The maximum absolute atomic E-state index is 13.9. The van der Waals surface area contributed by atoms with Crippen molar-refractivity contribution < 1.29 is 18.0 Å². The number of benzene rings is 3. The first-order chi connectivity index (χ1) is 17.7. The Bertz CT molecular complexity index is 1310. The third kappa shape index (κ3) is 6.90. The second-order valence-electron chi connectivity index (χ2n) is 8.60. The zero-order valence-corrected chi connectivity index (χ0v) is 22.8. The number of hydrogen-bond acceptors (Lipinski definition) is 4. The minimum absolute atomic E-state index is 0.0381. The number of hydrogen-bond donors (Lipinski definition) is 1. The summed E-state index contributed by atoms with van der Waals surface area (Å²) in [4.78, 5) is 28.3. The number of amides is 2. The molecule has 3 aromatic rings. The highest BCUT2D eigenvalue weighted by Gasteiger charge is 2.34. The number of halogens is 1. The monoisotopic (exact) mass is 541 g/mol. The molecule has 2 amide bonds. The molecule has 0 aliphatic rings. The fraction of sp³-hybridized carbons (Fsp3) is 0.286. The minimum atomic E-state index is -4.16. The lowest BCUT2D eigenvalue weighted by molar-refractivity contribution is -0.140. The van der Waals surface area contributed by atoms with Crippen LogP contribution in [0.5, 0.6) is 0 Å². The maximum atomic E-state index is 13.9. The first-order valence-corrected chi connectivity index (χ1v) is 14.0. The van der Waals surface area contributed by atoms with E-state index in [1.165, 1.54) is 17.0 Å². The number of para-hydroxylation sites is 1. The lowest BCUT2D eigenvalue weighted by Gasteiger charge is -2.33. The molecular weight excluding hydrogens is 510 g/mol. The van der Waals surface area contributed by atoms with Crippen molar-refractivity contribution in [3.63, 3.8) is 0 Å². The van der Waals surface area contributed by atoms with Gasteiger partial charge in [0.15, 0.2) is 0 Å². The van der Waals surface area contributed by atoms with Crippen molar-refractivity contribution in [1.29, 1.82) is 0 Å². The largest absolute Gasteiger partial charge is 0.355 e. The van der Waals surface area contributed by atoms with Crippen molar-refractivity contribution in [1.82, 2.24) is 10.2 Å². The Balaban J connectivity index is 2.06. The number of likely N-dealkylation sites (N-methyl/N-ethyl adjacent to an activating group) is 1. The van der Waals surface area contributed by atoms with Gasteiger partial charge in [-0.25, -0.2) is 8.42 Å². The van der Waals surface area contributed by atoms with E-state index in [0.29, 0.717) is 13.0 Å². The van der Waals surface area contributed by atoms with E-state index < -0.39 is 28.5 Å². The van der Waals surface area contributed by atoms with Crippen molar-refractivity contribution >= 4 is 39.1 Å². The van der Waals surface area contributed by atoms with Crippen LogP contribution < -0.4 is 9.62 Å². The van der Waals surface area contributed by atoms with Crippen LogP contribution >= 0.6 is 11.6 Å². The van der Waals surface area contributed by atoms with Crippen LogP contribution in [-0.4, -0.2) is 44.3 Å². The number of aryl methyl sites for hydroxylation is 1. The van der Waals surface area contributed by atoms with Gasteiger partial charge in [-0.15, -0.1) is 0 Å². The summed E-state index contributed by atoms with van der Waals surface area (Å²) in [6.45, 7) is 5.52. The molecule has 3 rings (SSSR count). The van der Waals surface area contributed by atoms with Crippen LogP contribution in [0.3, 0.4) is 0 Å². The molecule has 0 aliphatic carbocycles. The van der Waals surface area contributed by atoms with Crippen LogP contribution in [0.15, 0.2) is 83.8 Å². The summed E-state index contributed by atoms with van der Waals surface area (Å²) in [6, 6.07) is 21.4. The van der Waals surface area contributed by atoms with Gasteiger partial charge in [-0.3, -0.25) is 13.9 Å². The Hall–Kier alpha value is -3.36. The van der Waals surface area contributed by atoms with E-state index in [-0.39, 0.29) is 28.1 Å². The molecule has 7 nitrogen and oxygen atoms in total. The Morgan fingerprint density at radius 1 is 0.919 bits per heavy atom. The topological polar surface area (TPSA) is 86.8 Å². The molecule has 0 fully saturated rings. The second-order valence-corrected chi connectivity index (χ2v) is 10.9. The van der Waals surface area contributed by atoms with Crippen molar-refractivity contribution in [2.45, 2.75) is 44.7 Å². The van der Waals surface area contributed by atoms with Gasteiger partial charge in [0.25, 0.3) is 10.0 Å². The second kappa shape index (κ2) is 12.7. The van der Waals surface area contributed by atoms with E-state index in [2.05, 4.69) is 5.32 Å². The first kappa shape index (κ1) is 28.2. The molecule has 0 bridgehead atoms. The van der Waals surface area contributed by atoms with E-state index in [0.717, 1.165) is 15.4 Å². The van der Waals surface area contributed by atoms with Crippen LogP contribution in [-0.2, 0) is 26.2 Å². The van der Waals surface area contributed by atoms with Gasteiger partial charge in [0.05, 0.1) is 15.6 Å². The zero-order valence-electron chi connectivity index (χ0n) is 21.2. The molecule has 0 unspecified atom stereocenters.